The highest BCUT2D eigenvalue weighted by Crippen LogP contribution is 2.49. The van der Waals surface area contributed by atoms with Crippen LogP contribution in [0, 0.1) is 5.82 Å². The van der Waals surface area contributed by atoms with Crippen LogP contribution < -0.4 is 10.6 Å². The minimum absolute atomic E-state index is 0.0530. The molecule has 0 N–H and O–H groups in total. The number of halogens is 5. The minimum Gasteiger partial charge on any atom is -0.352 e. The maximum atomic E-state index is 14.6. The van der Waals surface area contributed by atoms with Crippen LogP contribution in [0.1, 0.15) is 25.8 Å². The first-order chi connectivity index (χ1) is 20.9. The number of hydrogen-bond acceptors (Lipinski definition) is 7. The number of carbonyl (C=O) groups is 1. The third-order valence-corrected chi connectivity index (χ3v) is 9.85. The average molecular weight is 666 g/mol. The first kappa shape index (κ1) is 32.0. The Kier molecular flexibility index (Phi) is 9.38. The molecule has 4 aromatic rings. The molecule has 0 radical (unpaired) electrons. The van der Waals surface area contributed by atoms with Crippen molar-refractivity contribution >= 4 is 57.3 Å². The molecule has 0 aliphatic carbocycles. The Morgan fingerprint density at radius 3 is 2.39 bits per heavy atom. The van der Waals surface area contributed by atoms with Gasteiger partial charge in [0, 0.05) is 70.2 Å². The first-order valence-electron chi connectivity index (χ1n) is 13.7. The summed E-state index contributed by atoms with van der Waals surface area (Å²) in [7, 11) is 0. The molecule has 2 atom stereocenters. The maximum absolute atomic E-state index is 14.6. The Labute approximate surface area is 264 Å². The smallest absolute Gasteiger partial charge is 0.352 e. The van der Waals surface area contributed by atoms with Gasteiger partial charge in [-0.3, -0.25) is 14.3 Å². The van der Waals surface area contributed by atoms with E-state index in [4.69, 9.17) is 11.6 Å². The number of hydrogen-bond donors (Lipinski definition) is 0. The van der Waals surface area contributed by atoms with Crippen LogP contribution in [0.3, 0.4) is 0 Å². The molecule has 1 saturated heterocycles. The Balaban J connectivity index is 0.000000484. The summed E-state index contributed by atoms with van der Waals surface area (Å²) in [5.74, 6) is 0.326. The lowest BCUT2D eigenvalue weighted by Crippen LogP contribution is -2.58. The number of aromatic nitrogens is 3. The summed E-state index contributed by atoms with van der Waals surface area (Å²) >= 11 is 8.58. The topological polar surface area (TPSA) is 71.3 Å². The zero-order valence-electron chi connectivity index (χ0n) is 23.8. The molecule has 7 nitrogen and oxygen atoms in total. The number of thiophene rings is 1. The Morgan fingerprint density at radius 2 is 1.84 bits per heavy atom. The van der Waals surface area contributed by atoms with Crippen molar-refractivity contribution in [3.63, 3.8) is 0 Å². The number of anilines is 1. The highest BCUT2D eigenvalue weighted by atomic mass is 35.5. The van der Waals surface area contributed by atoms with Crippen molar-refractivity contribution in [1.82, 2.24) is 19.4 Å². The number of pyridine rings is 1. The Morgan fingerprint density at radius 1 is 1.16 bits per heavy atom. The van der Waals surface area contributed by atoms with Gasteiger partial charge in [0.05, 0.1) is 16.1 Å². The first-order valence-corrected chi connectivity index (χ1v) is 16.0. The lowest BCUT2D eigenvalue weighted by Gasteiger charge is -2.44. The lowest BCUT2D eigenvalue weighted by atomic mass is 10.0. The molecule has 5 heterocycles. The van der Waals surface area contributed by atoms with Gasteiger partial charge in [0.1, 0.15) is 11.6 Å². The Hall–Kier alpha value is -3.42. The number of aryl methyl sites for hydroxylation is 1. The van der Waals surface area contributed by atoms with E-state index in [9.17, 15) is 27.2 Å². The molecule has 2 aliphatic heterocycles. The van der Waals surface area contributed by atoms with Crippen molar-refractivity contribution in [3.05, 3.63) is 81.6 Å². The van der Waals surface area contributed by atoms with Gasteiger partial charge < -0.3 is 9.80 Å². The quantitative estimate of drug-likeness (QED) is 0.171. The van der Waals surface area contributed by atoms with Crippen LogP contribution in [0.15, 0.2) is 64.4 Å². The normalized spacial score (nSPS) is 18.4. The minimum atomic E-state index is -4.64. The predicted octanol–water partition coefficient (Wildman–Crippen LogP) is 7.13. The number of rotatable bonds is 3. The van der Waals surface area contributed by atoms with Crippen molar-refractivity contribution in [1.29, 1.82) is 0 Å². The third kappa shape index (κ3) is 6.36. The summed E-state index contributed by atoms with van der Waals surface area (Å²) in [5, 5.41) is 2.25. The maximum Gasteiger partial charge on any atom is 0.417 e. The molecular formula is C30H28ClF4N5O2S2. The molecule has 3 aromatic heterocycles. The second kappa shape index (κ2) is 12.9. The highest BCUT2D eigenvalue weighted by Gasteiger charge is 2.39. The van der Waals surface area contributed by atoms with E-state index in [1.54, 1.807) is 10.3 Å². The number of piperazine rings is 1. The van der Waals surface area contributed by atoms with Gasteiger partial charge in [-0.2, -0.15) is 18.2 Å². The Bertz CT molecular complexity index is 1750. The standard InChI is InChI=1S/C25H24ClF3N4O2S2.C5H4FN/c1-4-19(34)33-13(2)10-31(11-14(33)3)23-16-9-17(25(27,28)29)20(18-8-15(26)12-37-18)22-21(16)32(24(35)30-23)6-5-7-36-22;6-5-1-3-7-4-2-5/h4,8-9,12-14H,1,5-7,10-11H2,2-3H3;1-4H. The predicted molar refractivity (Wildman–Crippen MR) is 167 cm³/mol. The molecule has 0 bridgehead atoms. The molecule has 2 unspecified atom stereocenters. The number of thioether (sulfide) groups is 1. The third-order valence-electron chi connectivity index (χ3n) is 7.38. The second-order valence-corrected chi connectivity index (χ2v) is 12.9. The monoisotopic (exact) mass is 665 g/mol. The van der Waals surface area contributed by atoms with Crippen LogP contribution in [0.4, 0.5) is 23.4 Å². The van der Waals surface area contributed by atoms with Gasteiger partial charge in [-0.05, 0) is 56.4 Å². The molecular weight excluding hydrogens is 638 g/mol. The molecule has 1 fully saturated rings. The number of nitrogens with zero attached hydrogens (tertiary/aromatic N) is 5. The second-order valence-electron chi connectivity index (χ2n) is 10.4. The van der Waals surface area contributed by atoms with Crippen LogP contribution >= 0.6 is 34.7 Å². The van der Waals surface area contributed by atoms with E-state index in [0.717, 1.165) is 17.4 Å². The van der Waals surface area contributed by atoms with E-state index < -0.39 is 17.4 Å². The van der Waals surface area contributed by atoms with Crippen LogP contribution in [0.25, 0.3) is 21.3 Å². The summed E-state index contributed by atoms with van der Waals surface area (Å²) in [4.78, 5) is 37.9. The van der Waals surface area contributed by atoms with E-state index >= 15 is 0 Å². The van der Waals surface area contributed by atoms with E-state index in [1.807, 2.05) is 18.7 Å². The zero-order chi connectivity index (χ0) is 31.8. The molecule has 0 spiro atoms. The largest absolute Gasteiger partial charge is 0.417 e. The molecule has 1 amide bonds. The van der Waals surface area contributed by atoms with Crippen LogP contribution in [0.2, 0.25) is 5.02 Å². The van der Waals surface area contributed by atoms with Gasteiger partial charge in [-0.15, -0.1) is 23.1 Å². The fraction of sp³-hybridized carbons (Fsp3) is 0.333. The summed E-state index contributed by atoms with van der Waals surface area (Å²) < 4.78 is 57.1. The zero-order valence-corrected chi connectivity index (χ0v) is 26.2. The van der Waals surface area contributed by atoms with Crippen LogP contribution in [-0.2, 0) is 17.5 Å². The fourth-order valence-corrected chi connectivity index (χ4v) is 8.06. The number of benzene rings is 1. The van der Waals surface area contributed by atoms with E-state index in [0.29, 0.717) is 52.1 Å². The van der Waals surface area contributed by atoms with E-state index in [2.05, 4.69) is 16.5 Å². The fourth-order valence-electron chi connectivity index (χ4n) is 5.66. The van der Waals surface area contributed by atoms with Crippen LogP contribution in [-0.4, -0.2) is 56.3 Å². The van der Waals surface area contributed by atoms with E-state index in [1.165, 1.54) is 53.0 Å². The van der Waals surface area contributed by atoms with Crippen LogP contribution in [0.5, 0.6) is 0 Å². The summed E-state index contributed by atoms with van der Waals surface area (Å²) in [5.41, 5.74) is -0.754. The van der Waals surface area contributed by atoms with Gasteiger partial charge in [-0.25, -0.2) is 9.18 Å². The van der Waals surface area contributed by atoms with Crippen molar-refractivity contribution in [2.45, 2.75) is 50.0 Å². The number of alkyl halides is 3. The molecule has 2 aliphatic rings. The SMILES string of the molecule is C=CC(=O)N1C(C)CN(c2nc(=O)n3c4c(c(-c5cc(Cl)cs5)c(C(F)(F)F)cc24)SCCC3)CC1C.Fc1ccncc1. The van der Waals surface area contributed by atoms with E-state index in [-0.39, 0.29) is 40.6 Å². The molecule has 1 aromatic carbocycles. The molecule has 14 heteroatoms. The summed E-state index contributed by atoms with van der Waals surface area (Å²) in [6.45, 7) is 8.31. The molecule has 44 heavy (non-hydrogen) atoms. The lowest BCUT2D eigenvalue weighted by molar-refractivity contribution is -0.137. The summed E-state index contributed by atoms with van der Waals surface area (Å²) in [6, 6.07) is 4.76. The number of carbonyl (C=O) groups excluding carboxylic acids is 1. The van der Waals surface area contributed by atoms with Crippen molar-refractivity contribution in [2.75, 3.05) is 23.7 Å². The van der Waals surface area contributed by atoms with Crippen molar-refractivity contribution < 1.29 is 22.4 Å². The highest BCUT2D eigenvalue weighted by molar-refractivity contribution is 7.99. The molecule has 0 saturated carbocycles. The average Bonchev–Trinajstić information content (AvgIpc) is 3.27. The summed E-state index contributed by atoms with van der Waals surface area (Å²) in [6.07, 6.45) is 0.0597. The van der Waals surface area contributed by atoms with Crippen molar-refractivity contribution in [2.24, 2.45) is 0 Å². The van der Waals surface area contributed by atoms with Gasteiger partial charge in [0.25, 0.3) is 0 Å². The number of amides is 1. The molecule has 6 rings (SSSR count). The van der Waals surface area contributed by atoms with Gasteiger partial charge in [0.15, 0.2) is 0 Å². The molecule has 232 valence electrons. The van der Waals surface area contributed by atoms with Gasteiger partial charge in [0.2, 0.25) is 5.91 Å². The van der Waals surface area contributed by atoms with Gasteiger partial charge >= 0.3 is 11.9 Å². The van der Waals surface area contributed by atoms with Gasteiger partial charge in [-0.1, -0.05) is 18.2 Å². The van der Waals surface area contributed by atoms with Crippen molar-refractivity contribution in [3.8, 4) is 10.4 Å².